The third-order valence-electron chi connectivity index (χ3n) is 2.45. The van der Waals surface area contributed by atoms with Crippen molar-refractivity contribution in [1.82, 2.24) is 0 Å². The number of methoxy groups -OCH3 is 1. The van der Waals surface area contributed by atoms with E-state index >= 15 is 0 Å². The average Bonchev–Trinajstić information content (AvgIpc) is 2.26. The molecule has 3 N–H and O–H groups in total. The standard InChI is InChI=1S/C11H18N2O3S/c1-11(2,16-3)8-13-9-6-4-5-7-10(9)17(12,14)15/h4-7,13H,8H2,1-3H3,(H2,12,14,15). The minimum atomic E-state index is -3.71. The number of benzene rings is 1. The van der Waals surface area contributed by atoms with Gasteiger partial charge in [0.1, 0.15) is 4.90 Å². The predicted octanol–water partition coefficient (Wildman–Crippen LogP) is 1.17. The van der Waals surface area contributed by atoms with Gasteiger partial charge in [-0.15, -0.1) is 0 Å². The Bertz CT molecular complexity index is 483. The van der Waals surface area contributed by atoms with E-state index in [1.165, 1.54) is 6.07 Å². The van der Waals surface area contributed by atoms with E-state index in [1.807, 2.05) is 13.8 Å². The van der Waals surface area contributed by atoms with E-state index in [0.717, 1.165) is 0 Å². The molecule has 1 aromatic rings. The lowest BCUT2D eigenvalue weighted by atomic mass is 10.1. The molecule has 6 heteroatoms. The largest absolute Gasteiger partial charge is 0.381 e. The molecule has 1 aromatic carbocycles. The van der Waals surface area contributed by atoms with Gasteiger partial charge < -0.3 is 10.1 Å². The summed E-state index contributed by atoms with van der Waals surface area (Å²) in [5.41, 5.74) is 0.103. The minimum absolute atomic E-state index is 0.0897. The van der Waals surface area contributed by atoms with Gasteiger partial charge in [0.05, 0.1) is 11.3 Å². The molecule has 0 aliphatic rings. The molecule has 0 aliphatic heterocycles. The molecule has 0 aromatic heterocycles. The topological polar surface area (TPSA) is 81.4 Å². The van der Waals surface area contributed by atoms with Gasteiger partial charge in [-0.05, 0) is 26.0 Å². The zero-order chi connectivity index (χ0) is 13.1. The van der Waals surface area contributed by atoms with Crippen molar-refractivity contribution in [2.45, 2.75) is 24.3 Å². The van der Waals surface area contributed by atoms with Crippen molar-refractivity contribution < 1.29 is 13.2 Å². The Morgan fingerprint density at radius 3 is 2.47 bits per heavy atom. The van der Waals surface area contributed by atoms with E-state index in [1.54, 1.807) is 25.3 Å². The lowest BCUT2D eigenvalue weighted by Crippen LogP contribution is -2.32. The molecule has 0 radical (unpaired) electrons. The van der Waals surface area contributed by atoms with Gasteiger partial charge in [0, 0.05) is 13.7 Å². The van der Waals surface area contributed by atoms with Gasteiger partial charge in [-0.1, -0.05) is 12.1 Å². The summed E-state index contributed by atoms with van der Waals surface area (Å²) in [5.74, 6) is 0. The van der Waals surface area contributed by atoms with Crippen LogP contribution in [0.15, 0.2) is 29.2 Å². The van der Waals surface area contributed by atoms with Crippen LogP contribution < -0.4 is 10.5 Å². The fourth-order valence-electron chi connectivity index (χ4n) is 1.24. The first-order chi connectivity index (χ1) is 7.76. The van der Waals surface area contributed by atoms with Crippen LogP contribution in [-0.4, -0.2) is 27.7 Å². The summed E-state index contributed by atoms with van der Waals surface area (Å²) in [6.45, 7) is 4.29. The second-order valence-corrected chi connectivity index (χ2v) is 5.89. The molecule has 0 spiro atoms. The number of nitrogens with two attached hydrogens (primary N) is 1. The molecule has 1 rings (SSSR count). The summed E-state index contributed by atoms with van der Waals surface area (Å²) in [4.78, 5) is 0.0897. The number of nitrogens with one attached hydrogen (secondary N) is 1. The molecule has 0 amide bonds. The van der Waals surface area contributed by atoms with Crippen molar-refractivity contribution in [3.05, 3.63) is 24.3 Å². The molecular formula is C11H18N2O3S. The van der Waals surface area contributed by atoms with Crippen molar-refractivity contribution >= 4 is 15.7 Å². The van der Waals surface area contributed by atoms with Crippen molar-refractivity contribution in [3.8, 4) is 0 Å². The summed E-state index contributed by atoms with van der Waals surface area (Å²) in [6.07, 6.45) is 0. The smallest absolute Gasteiger partial charge is 0.240 e. The summed E-state index contributed by atoms with van der Waals surface area (Å²) >= 11 is 0. The van der Waals surface area contributed by atoms with Crippen LogP contribution in [0.2, 0.25) is 0 Å². The Kier molecular flexibility index (Phi) is 4.13. The molecule has 5 nitrogen and oxygen atoms in total. The number of primary sulfonamides is 1. The van der Waals surface area contributed by atoms with E-state index in [0.29, 0.717) is 12.2 Å². The van der Waals surface area contributed by atoms with E-state index in [-0.39, 0.29) is 10.5 Å². The molecule has 0 unspecified atom stereocenters. The fraction of sp³-hybridized carbons (Fsp3) is 0.455. The van der Waals surface area contributed by atoms with Crippen LogP contribution >= 0.6 is 0 Å². The maximum atomic E-state index is 11.4. The highest BCUT2D eigenvalue weighted by molar-refractivity contribution is 7.89. The first kappa shape index (κ1) is 14.0. The molecule has 0 bridgehead atoms. The molecule has 0 atom stereocenters. The highest BCUT2D eigenvalue weighted by atomic mass is 32.2. The van der Waals surface area contributed by atoms with Crippen molar-refractivity contribution in [3.63, 3.8) is 0 Å². The van der Waals surface area contributed by atoms with E-state index in [4.69, 9.17) is 9.88 Å². The second kappa shape index (κ2) is 5.03. The van der Waals surface area contributed by atoms with E-state index in [2.05, 4.69) is 5.32 Å². The third kappa shape index (κ3) is 3.99. The molecule has 0 heterocycles. The number of hydrogen-bond donors (Lipinski definition) is 2. The van der Waals surface area contributed by atoms with Crippen molar-refractivity contribution in [1.29, 1.82) is 0 Å². The Morgan fingerprint density at radius 1 is 1.35 bits per heavy atom. The zero-order valence-electron chi connectivity index (χ0n) is 10.2. The fourth-order valence-corrected chi connectivity index (χ4v) is 1.96. The van der Waals surface area contributed by atoms with Gasteiger partial charge >= 0.3 is 0 Å². The van der Waals surface area contributed by atoms with Gasteiger partial charge in [0.25, 0.3) is 0 Å². The van der Waals surface area contributed by atoms with Crippen LogP contribution in [0.1, 0.15) is 13.8 Å². The van der Waals surface area contributed by atoms with Gasteiger partial charge in [0.15, 0.2) is 0 Å². The minimum Gasteiger partial charge on any atom is -0.381 e. The SMILES string of the molecule is COC(C)(C)CNc1ccccc1S(N)(=O)=O. The van der Waals surface area contributed by atoms with Crippen molar-refractivity contribution in [2.75, 3.05) is 19.0 Å². The van der Waals surface area contributed by atoms with E-state index in [9.17, 15) is 8.42 Å². The van der Waals surface area contributed by atoms with Crippen molar-refractivity contribution in [2.24, 2.45) is 5.14 Å². The second-order valence-electron chi connectivity index (χ2n) is 4.36. The Labute approximate surface area is 102 Å². The molecule has 96 valence electrons. The van der Waals surface area contributed by atoms with Gasteiger partial charge in [0.2, 0.25) is 10.0 Å². The Morgan fingerprint density at radius 2 is 1.94 bits per heavy atom. The maximum Gasteiger partial charge on any atom is 0.240 e. The highest BCUT2D eigenvalue weighted by Gasteiger charge is 2.18. The highest BCUT2D eigenvalue weighted by Crippen LogP contribution is 2.20. The third-order valence-corrected chi connectivity index (χ3v) is 3.42. The molecule has 17 heavy (non-hydrogen) atoms. The van der Waals surface area contributed by atoms with Crippen LogP contribution in [-0.2, 0) is 14.8 Å². The zero-order valence-corrected chi connectivity index (χ0v) is 11.0. The molecule has 0 fully saturated rings. The van der Waals surface area contributed by atoms with Crippen LogP contribution in [0.25, 0.3) is 0 Å². The van der Waals surface area contributed by atoms with Gasteiger partial charge in [-0.25, -0.2) is 13.6 Å². The van der Waals surface area contributed by atoms with Crippen LogP contribution in [0.3, 0.4) is 0 Å². The van der Waals surface area contributed by atoms with Crippen LogP contribution in [0.4, 0.5) is 5.69 Å². The van der Waals surface area contributed by atoms with Crippen LogP contribution in [0, 0.1) is 0 Å². The van der Waals surface area contributed by atoms with Gasteiger partial charge in [-0.3, -0.25) is 0 Å². The molecule has 0 saturated heterocycles. The normalized spacial score (nSPS) is 12.5. The lowest BCUT2D eigenvalue weighted by Gasteiger charge is -2.24. The monoisotopic (exact) mass is 258 g/mol. The van der Waals surface area contributed by atoms with Crippen LogP contribution in [0.5, 0.6) is 0 Å². The predicted molar refractivity (Wildman–Crippen MR) is 67.4 cm³/mol. The van der Waals surface area contributed by atoms with E-state index < -0.39 is 10.0 Å². The average molecular weight is 258 g/mol. The van der Waals surface area contributed by atoms with Gasteiger partial charge in [-0.2, -0.15) is 0 Å². The Balaban J connectivity index is 2.93. The summed E-state index contributed by atoms with van der Waals surface area (Å²) < 4.78 is 28.0. The number of para-hydroxylation sites is 1. The molecule has 0 saturated carbocycles. The summed E-state index contributed by atoms with van der Waals surface area (Å²) in [6, 6.07) is 6.52. The number of sulfonamides is 1. The maximum absolute atomic E-state index is 11.4. The molecule has 0 aliphatic carbocycles. The number of ether oxygens (including phenoxy) is 1. The molecular weight excluding hydrogens is 240 g/mol. The first-order valence-electron chi connectivity index (χ1n) is 5.17. The summed E-state index contributed by atoms with van der Waals surface area (Å²) in [7, 11) is -2.11. The first-order valence-corrected chi connectivity index (χ1v) is 6.72. The summed E-state index contributed by atoms with van der Waals surface area (Å²) in [5, 5.41) is 8.16. The lowest BCUT2D eigenvalue weighted by molar-refractivity contribution is 0.0343. The Hall–Kier alpha value is -1.11. The quantitative estimate of drug-likeness (QED) is 0.830. The number of hydrogen-bond acceptors (Lipinski definition) is 4. The number of anilines is 1. The number of rotatable bonds is 5.